The summed E-state index contributed by atoms with van der Waals surface area (Å²) in [4.78, 5) is 13.7. The van der Waals surface area contributed by atoms with Gasteiger partial charge in [-0.3, -0.25) is 4.79 Å². The van der Waals surface area contributed by atoms with Crippen LogP contribution in [-0.4, -0.2) is 11.4 Å². The molecular weight excluding hydrogens is 389 g/mol. The Balaban J connectivity index is 2.01. The molecule has 1 amide bonds. The van der Waals surface area contributed by atoms with Gasteiger partial charge in [0.1, 0.15) is 11.1 Å². The molecule has 0 saturated carbocycles. The molecule has 0 spiro atoms. The van der Waals surface area contributed by atoms with Gasteiger partial charge in [-0.2, -0.15) is 5.26 Å². The van der Waals surface area contributed by atoms with Crippen molar-refractivity contribution in [2.45, 2.75) is 45.2 Å². The SMILES string of the molecule is CC1(C)Cc2c(sc(NC(=O)c3cc(Cl)cc(Cl)c3)c2C#N)C(C)(C)N1. The Labute approximate surface area is 167 Å². The number of nitrogens with zero attached hydrogens (tertiary/aromatic N) is 1. The fourth-order valence-electron chi connectivity index (χ4n) is 3.59. The van der Waals surface area contributed by atoms with E-state index in [1.165, 1.54) is 11.3 Å². The quantitative estimate of drug-likeness (QED) is 0.705. The molecule has 0 atom stereocenters. The monoisotopic (exact) mass is 407 g/mol. The third-order valence-corrected chi connectivity index (χ3v) is 6.22. The van der Waals surface area contributed by atoms with Crippen LogP contribution < -0.4 is 10.6 Å². The molecule has 1 aromatic carbocycles. The van der Waals surface area contributed by atoms with Crippen LogP contribution in [0.2, 0.25) is 10.0 Å². The van der Waals surface area contributed by atoms with E-state index in [1.54, 1.807) is 18.2 Å². The number of nitriles is 1. The van der Waals surface area contributed by atoms with Crippen molar-refractivity contribution in [3.8, 4) is 6.07 Å². The standard InChI is InChI=1S/C19H19Cl2N3OS/c1-18(2)8-13-14(9-22)17(26-15(13)19(3,4)24-18)23-16(25)10-5-11(20)7-12(21)6-10/h5-7,24H,8H2,1-4H3,(H,23,25). The summed E-state index contributed by atoms with van der Waals surface area (Å²) < 4.78 is 0. The van der Waals surface area contributed by atoms with Crippen LogP contribution in [0.25, 0.3) is 0 Å². The van der Waals surface area contributed by atoms with E-state index in [1.807, 2.05) is 0 Å². The molecule has 0 saturated heterocycles. The second-order valence-corrected chi connectivity index (χ2v) is 9.54. The first-order valence-corrected chi connectivity index (χ1v) is 9.73. The number of benzene rings is 1. The zero-order valence-electron chi connectivity index (χ0n) is 15.0. The number of thiophene rings is 1. The van der Waals surface area contributed by atoms with E-state index in [0.29, 0.717) is 26.2 Å². The molecule has 0 radical (unpaired) electrons. The number of fused-ring (bicyclic) bond motifs is 1. The smallest absolute Gasteiger partial charge is 0.256 e. The van der Waals surface area contributed by atoms with Crippen molar-refractivity contribution < 1.29 is 4.79 Å². The van der Waals surface area contributed by atoms with Crippen LogP contribution in [-0.2, 0) is 12.0 Å². The van der Waals surface area contributed by atoms with Crippen molar-refractivity contribution in [1.82, 2.24) is 5.32 Å². The molecule has 2 N–H and O–H groups in total. The fraction of sp³-hybridized carbons (Fsp3) is 0.368. The number of hydrogen-bond donors (Lipinski definition) is 2. The van der Waals surface area contributed by atoms with Crippen LogP contribution in [0.3, 0.4) is 0 Å². The highest BCUT2D eigenvalue weighted by Crippen LogP contribution is 2.44. The number of nitrogens with one attached hydrogen (secondary N) is 2. The predicted molar refractivity (Wildman–Crippen MR) is 107 cm³/mol. The molecule has 0 unspecified atom stereocenters. The van der Waals surface area contributed by atoms with E-state index in [2.05, 4.69) is 44.4 Å². The van der Waals surface area contributed by atoms with E-state index in [-0.39, 0.29) is 17.0 Å². The average molecular weight is 408 g/mol. The lowest BCUT2D eigenvalue weighted by atomic mass is 9.81. The first kappa shape index (κ1) is 19.2. The molecule has 4 nitrogen and oxygen atoms in total. The van der Waals surface area contributed by atoms with E-state index in [0.717, 1.165) is 16.9 Å². The molecule has 1 aliphatic rings. The summed E-state index contributed by atoms with van der Waals surface area (Å²) in [7, 11) is 0. The number of anilines is 1. The minimum Gasteiger partial charge on any atom is -0.312 e. The molecule has 26 heavy (non-hydrogen) atoms. The molecule has 0 bridgehead atoms. The summed E-state index contributed by atoms with van der Waals surface area (Å²) in [5.41, 5.74) is 1.48. The normalized spacial score (nSPS) is 17.3. The first-order valence-electron chi connectivity index (χ1n) is 8.15. The summed E-state index contributed by atoms with van der Waals surface area (Å²) in [6, 6.07) is 6.95. The molecule has 0 aliphatic carbocycles. The molecule has 3 rings (SSSR count). The highest BCUT2D eigenvalue weighted by Gasteiger charge is 2.40. The van der Waals surface area contributed by atoms with Crippen LogP contribution >= 0.6 is 34.5 Å². The van der Waals surface area contributed by atoms with E-state index in [9.17, 15) is 10.1 Å². The molecule has 2 aromatic rings. The van der Waals surface area contributed by atoms with E-state index >= 15 is 0 Å². The lowest BCUT2D eigenvalue weighted by molar-refractivity contribution is 0.102. The second-order valence-electron chi connectivity index (χ2n) is 7.65. The number of rotatable bonds is 2. The fourth-order valence-corrected chi connectivity index (χ4v) is 5.34. The summed E-state index contributed by atoms with van der Waals surface area (Å²) in [5.74, 6) is -0.338. The lowest BCUT2D eigenvalue weighted by Gasteiger charge is -2.42. The zero-order chi connectivity index (χ0) is 19.3. The Hall–Kier alpha value is -1.58. The molecule has 1 aliphatic heterocycles. The van der Waals surface area contributed by atoms with Gasteiger partial charge in [-0.25, -0.2) is 0 Å². The average Bonchev–Trinajstić information content (AvgIpc) is 2.82. The number of halogens is 2. The number of carbonyl (C=O) groups excluding carboxylic acids is 1. The summed E-state index contributed by atoms with van der Waals surface area (Å²) in [6.07, 6.45) is 0.726. The topological polar surface area (TPSA) is 64.9 Å². The maximum Gasteiger partial charge on any atom is 0.256 e. The maximum atomic E-state index is 12.6. The highest BCUT2D eigenvalue weighted by molar-refractivity contribution is 7.17. The van der Waals surface area contributed by atoms with Crippen molar-refractivity contribution in [1.29, 1.82) is 5.26 Å². The Morgan fingerprint density at radius 2 is 1.85 bits per heavy atom. The van der Waals surface area contributed by atoms with Crippen LogP contribution in [0, 0.1) is 11.3 Å². The summed E-state index contributed by atoms with van der Waals surface area (Å²) in [5, 5.41) is 17.5. The van der Waals surface area contributed by atoms with Crippen molar-refractivity contribution in [2.24, 2.45) is 0 Å². The predicted octanol–water partition coefficient (Wildman–Crippen LogP) is 5.34. The number of carbonyl (C=O) groups is 1. The van der Waals surface area contributed by atoms with Gasteiger partial charge >= 0.3 is 0 Å². The molecule has 136 valence electrons. The van der Waals surface area contributed by atoms with Gasteiger partial charge in [-0.15, -0.1) is 11.3 Å². The molecule has 7 heteroatoms. The van der Waals surface area contributed by atoms with Crippen molar-refractivity contribution >= 4 is 45.4 Å². The van der Waals surface area contributed by atoms with E-state index in [4.69, 9.17) is 23.2 Å². The summed E-state index contributed by atoms with van der Waals surface area (Å²) in [6.45, 7) is 8.41. The Morgan fingerprint density at radius 1 is 1.23 bits per heavy atom. The Kier molecular flexibility index (Phi) is 4.83. The molecule has 2 heterocycles. The van der Waals surface area contributed by atoms with E-state index < -0.39 is 0 Å². The van der Waals surface area contributed by atoms with Crippen LogP contribution in [0.4, 0.5) is 5.00 Å². The molecule has 1 aromatic heterocycles. The van der Waals surface area contributed by atoms with Crippen LogP contribution in [0.5, 0.6) is 0 Å². The largest absolute Gasteiger partial charge is 0.312 e. The van der Waals surface area contributed by atoms with Gasteiger partial charge in [0.25, 0.3) is 5.91 Å². The van der Waals surface area contributed by atoms with Crippen molar-refractivity contribution in [3.05, 3.63) is 49.8 Å². The van der Waals surface area contributed by atoms with Gasteiger partial charge in [0.2, 0.25) is 0 Å². The zero-order valence-corrected chi connectivity index (χ0v) is 17.3. The maximum absolute atomic E-state index is 12.6. The van der Waals surface area contributed by atoms with Gasteiger partial charge in [-0.1, -0.05) is 23.2 Å². The third-order valence-electron chi connectivity index (χ3n) is 4.31. The second kappa shape index (κ2) is 6.54. The summed E-state index contributed by atoms with van der Waals surface area (Å²) >= 11 is 13.4. The van der Waals surface area contributed by atoms with Crippen LogP contribution in [0.15, 0.2) is 18.2 Å². The Bertz CT molecular complexity index is 921. The van der Waals surface area contributed by atoms with Gasteiger partial charge < -0.3 is 10.6 Å². The van der Waals surface area contributed by atoms with Gasteiger partial charge in [0, 0.05) is 31.6 Å². The highest BCUT2D eigenvalue weighted by atomic mass is 35.5. The minimum absolute atomic E-state index is 0.134. The Morgan fingerprint density at radius 3 is 2.42 bits per heavy atom. The van der Waals surface area contributed by atoms with Gasteiger partial charge in [0.05, 0.1) is 5.56 Å². The van der Waals surface area contributed by atoms with Gasteiger partial charge in [-0.05, 0) is 57.9 Å². The number of amides is 1. The lowest BCUT2D eigenvalue weighted by Crippen LogP contribution is -2.54. The molecular formula is C19H19Cl2N3OS. The van der Waals surface area contributed by atoms with Crippen LogP contribution in [0.1, 0.15) is 54.1 Å². The van der Waals surface area contributed by atoms with Gasteiger partial charge in [0.15, 0.2) is 0 Å². The van der Waals surface area contributed by atoms with Crippen molar-refractivity contribution in [2.75, 3.05) is 5.32 Å². The first-order chi connectivity index (χ1) is 12.0. The minimum atomic E-state index is -0.338. The third kappa shape index (κ3) is 3.60. The molecule has 0 fully saturated rings. The number of hydrogen-bond acceptors (Lipinski definition) is 4. The van der Waals surface area contributed by atoms with Crippen molar-refractivity contribution in [3.63, 3.8) is 0 Å².